The van der Waals surface area contributed by atoms with Gasteiger partial charge in [0, 0.05) is 5.02 Å². The lowest BCUT2D eigenvalue weighted by Crippen LogP contribution is -2.12. The van der Waals surface area contributed by atoms with Gasteiger partial charge in [-0.15, -0.1) is 0 Å². The van der Waals surface area contributed by atoms with Crippen LogP contribution in [0.15, 0.2) is 42.5 Å². The van der Waals surface area contributed by atoms with Crippen molar-refractivity contribution in [1.82, 2.24) is 0 Å². The van der Waals surface area contributed by atoms with Gasteiger partial charge in [-0.3, -0.25) is 0 Å². The van der Waals surface area contributed by atoms with Crippen LogP contribution in [0.2, 0.25) is 5.02 Å². The summed E-state index contributed by atoms with van der Waals surface area (Å²) in [7, 11) is 0. The van der Waals surface area contributed by atoms with Crippen LogP contribution in [-0.2, 0) is 0 Å². The zero-order valence-corrected chi connectivity index (χ0v) is 11.9. The summed E-state index contributed by atoms with van der Waals surface area (Å²) in [5.74, 6) is -1.69. The minimum atomic E-state index is -0.846. The van der Waals surface area contributed by atoms with Gasteiger partial charge in [-0.1, -0.05) is 43.1 Å². The van der Waals surface area contributed by atoms with E-state index in [-0.39, 0.29) is 11.7 Å². The minimum absolute atomic E-state index is 0.0754. The van der Waals surface area contributed by atoms with E-state index in [1.54, 1.807) is 12.1 Å². The van der Waals surface area contributed by atoms with Gasteiger partial charge in [0.1, 0.15) is 0 Å². The van der Waals surface area contributed by atoms with Crippen LogP contribution >= 0.6 is 11.6 Å². The van der Waals surface area contributed by atoms with Crippen LogP contribution < -0.4 is 5.32 Å². The summed E-state index contributed by atoms with van der Waals surface area (Å²) < 4.78 is 27.0. The lowest BCUT2D eigenvalue weighted by atomic mass is 10.0. The fourth-order valence-electron chi connectivity index (χ4n) is 2.11. The van der Waals surface area contributed by atoms with Crippen molar-refractivity contribution in [3.8, 4) is 0 Å². The SMILES string of the molecule is CCCC(Nc1cccc(F)c1F)c1ccc(Cl)cc1. The van der Waals surface area contributed by atoms with Gasteiger partial charge in [-0.2, -0.15) is 0 Å². The number of hydrogen-bond acceptors (Lipinski definition) is 1. The van der Waals surface area contributed by atoms with Crippen molar-refractivity contribution >= 4 is 17.3 Å². The molecule has 0 fully saturated rings. The topological polar surface area (TPSA) is 12.0 Å². The predicted molar refractivity (Wildman–Crippen MR) is 79.1 cm³/mol. The number of hydrogen-bond donors (Lipinski definition) is 1. The molecular weight excluding hydrogens is 280 g/mol. The number of benzene rings is 2. The first-order chi connectivity index (χ1) is 9.61. The molecule has 4 heteroatoms. The fraction of sp³-hybridized carbons (Fsp3) is 0.250. The number of rotatable bonds is 5. The van der Waals surface area contributed by atoms with Crippen LogP contribution in [0, 0.1) is 11.6 Å². The molecule has 0 aliphatic heterocycles. The summed E-state index contributed by atoms with van der Waals surface area (Å²) in [6.45, 7) is 2.05. The van der Waals surface area contributed by atoms with E-state index in [0.29, 0.717) is 5.02 Å². The van der Waals surface area contributed by atoms with Gasteiger partial charge < -0.3 is 5.32 Å². The normalized spacial score (nSPS) is 12.2. The number of anilines is 1. The Morgan fingerprint density at radius 3 is 2.45 bits per heavy atom. The molecular formula is C16H16ClF2N. The van der Waals surface area contributed by atoms with Crippen molar-refractivity contribution in [3.05, 3.63) is 64.7 Å². The van der Waals surface area contributed by atoms with E-state index < -0.39 is 11.6 Å². The van der Waals surface area contributed by atoms with E-state index in [9.17, 15) is 8.78 Å². The van der Waals surface area contributed by atoms with Crippen molar-refractivity contribution in [1.29, 1.82) is 0 Å². The first kappa shape index (κ1) is 14.8. The molecule has 2 aromatic carbocycles. The van der Waals surface area contributed by atoms with Gasteiger partial charge in [0.2, 0.25) is 0 Å². The van der Waals surface area contributed by atoms with Crippen molar-refractivity contribution in [2.45, 2.75) is 25.8 Å². The molecule has 0 radical (unpaired) electrons. The van der Waals surface area contributed by atoms with Crippen LogP contribution in [0.1, 0.15) is 31.4 Å². The Hall–Kier alpha value is -1.61. The average molecular weight is 296 g/mol. The third-order valence-corrected chi connectivity index (χ3v) is 3.38. The van der Waals surface area contributed by atoms with Crippen molar-refractivity contribution < 1.29 is 8.78 Å². The zero-order chi connectivity index (χ0) is 14.5. The second-order valence-corrected chi connectivity index (χ2v) is 5.07. The third-order valence-electron chi connectivity index (χ3n) is 3.13. The van der Waals surface area contributed by atoms with Gasteiger partial charge in [-0.25, -0.2) is 8.78 Å². The van der Waals surface area contributed by atoms with Gasteiger partial charge in [-0.05, 0) is 36.2 Å². The molecule has 0 aliphatic rings. The summed E-state index contributed by atoms with van der Waals surface area (Å²) in [5, 5.41) is 3.72. The van der Waals surface area contributed by atoms with Gasteiger partial charge >= 0.3 is 0 Å². The van der Waals surface area contributed by atoms with E-state index in [2.05, 4.69) is 5.32 Å². The molecule has 2 rings (SSSR count). The fourth-order valence-corrected chi connectivity index (χ4v) is 2.23. The van der Waals surface area contributed by atoms with Crippen LogP contribution in [0.3, 0.4) is 0 Å². The van der Waals surface area contributed by atoms with E-state index in [0.717, 1.165) is 24.5 Å². The van der Waals surface area contributed by atoms with Crippen LogP contribution in [0.25, 0.3) is 0 Å². The summed E-state index contributed by atoms with van der Waals surface area (Å²) in [5.41, 5.74) is 1.18. The first-order valence-corrected chi connectivity index (χ1v) is 6.95. The van der Waals surface area contributed by atoms with E-state index >= 15 is 0 Å². The van der Waals surface area contributed by atoms with Crippen LogP contribution in [-0.4, -0.2) is 0 Å². The van der Waals surface area contributed by atoms with E-state index in [1.165, 1.54) is 12.1 Å². The third kappa shape index (κ3) is 3.48. The second kappa shape index (κ2) is 6.71. The minimum Gasteiger partial charge on any atom is -0.376 e. The Morgan fingerprint density at radius 1 is 1.10 bits per heavy atom. The molecule has 0 spiro atoms. The maximum atomic E-state index is 13.7. The quantitative estimate of drug-likeness (QED) is 0.760. The number of nitrogens with one attached hydrogen (secondary N) is 1. The highest BCUT2D eigenvalue weighted by atomic mass is 35.5. The Kier molecular flexibility index (Phi) is 4.96. The molecule has 0 aromatic heterocycles. The Balaban J connectivity index is 2.25. The molecule has 20 heavy (non-hydrogen) atoms. The van der Waals surface area contributed by atoms with E-state index in [4.69, 9.17) is 11.6 Å². The molecule has 106 valence electrons. The first-order valence-electron chi connectivity index (χ1n) is 6.58. The van der Waals surface area contributed by atoms with Gasteiger partial charge in [0.05, 0.1) is 11.7 Å². The zero-order valence-electron chi connectivity index (χ0n) is 11.2. The molecule has 1 nitrogen and oxygen atoms in total. The monoisotopic (exact) mass is 295 g/mol. The van der Waals surface area contributed by atoms with Crippen LogP contribution in [0.4, 0.5) is 14.5 Å². The Bertz CT molecular complexity index is 569. The van der Waals surface area contributed by atoms with Crippen molar-refractivity contribution in [2.75, 3.05) is 5.32 Å². The predicted octanol–water partition coefficient (Wildman–Crippen LogP) is 5.57. The summed E-state index contributed by atoms with van der Waals surface area (Å²) in [4.78, 5) is 0. The lowest BCUT2D eigenvalue weighted by Gasteiger charge is -2.20. The Morgan fingerprint density at radius 2 is 1.80 bits per heavy atom. The molecule has 1 N–H and O–H groups in total. The molecule has 0 bridgehead atoms. The molecule has 0 amide bonds. The van der Waals surface area contributed by atoms with Crippen molar-refractivity contribution in [2.24, 2.45) is 0 Å². The molecule has 0 aliphatic carbocycles. The highest BCUT2D eigenvalue weighted by Gasteiger charge is 2.14. The van der Waals surface area contributed by atoms with Crippen LogP contribution in [0.5, 0.6) is 0 Å². The summed E-state index contributed by atoms with van der Waals surface area (Å²) in [6.07, 6.45) is 1.74. The molecule has 1 unspecified atom stereocenters. The molecule has 0 heterocycles. The highest BCUT2D eigenvalue weighted by Crippen LogP contribution is 2.27. The highest BCUT2D eigenvalue weighted by molar-refractivity contribution is 6.30. The lowest BCUT2D eigenvalue weighted by molar-refractivity contribution is 0.509. The average Bonchev–Trinajstić information content (AvgIpc) is 2.44. The van der Waals surface area contributed by atoms with Gasteiger partial charge in [0.25, 0.3) is 0 Å². The Labute approximate surface area is 122 Å². The second-order valence-electron chi connectivity index (χ2n) is 4.64. The smallest absolute Gasteiger partial charge is 0.181 e. The maximum absolute atomic E-state index is 13.7. The van der Waals surface area contributed by atoms with E-state index in [1.807, 2.05) is 19.1 Å². The standard InChI is InChI=1S/C16H16ClF2N/c1-2-4-14(11-7-9-12(17)10-8-11)20-15-6-3-5-13(18)16(15)19/h3,5-10,14,20H,2,4H2,1H3. The summed E-state index contributed by atoms with van der Waals surface area (Å²) >= 11 is 5.87. The summed E-state index contributed by atoms with van der Waals surface area (Å²) in [6, 6.07) is 11.4. The number of halogens is 3. The molecule has 0 saturated heterocycles. The van der Waals surface area contributed by atoms with Gasteiger partial charge in [0.15, 0.2) is 11.6 Å². The molecule has 1 atom stereocenters. The molecule has 2 aromatic rings. The largest absolute Gasteiger partial charge is 0.376 e. The van der Waals surface area contributed by atoms with Crippen molar-refractivity contribution in [3.63, 3.8) is 0 Å². The molecule has 0 saturated carbocycles. The maximum Gasteiger partial charge on any atom is 0.181 e.